The summed E-state index contributed by atoms with van der Waals surface area (Å²) in [5, 5.41) is 6.34. The van der Waals surface area contributed by atoms with Gasteiger partial charge in [0, 0.05) is 25.7 Å². The molecule has 0 aliphatic carbocycles. The van der Waals surface area contributed by atoms with E-state index in [0.717, 1.165) is 0 Å². The molecule has 0 saturated heterocycles. The first-order chi connectivity index (χ1) is 13.9. The third-order valence-electron chi connectivity index (χ3n) is 3.89. The van der Waals surface area contributed by atoms with Gasteiger partial charge in [0.1, 0.15) is 5.82 Å². The number of urea groups is 1. The first-order valence-corrected chi connectivity index (χ1v) is 8.96. The maximum Gasteiger partial charge on any atom is 0.321 e. The molecule has 3 rings (SSSR count). The molecule has 0 unspecified atom stereocenters. The summed E-state index contributed by atoms with van der Waals surface area (Å²) in [6, 6.07) is 9.49. The van der Waals surface area contributed by atoms with Crippen molar-refractivity contribution in [1.29, 1.82) is 0 Å². The van der Waals surface area contributed by atoms with Crippen LogP contribution in [0.5, 0.6) is 5.75 Å². The van der Waals surface area contributed by atoms with Crippen LogP contribution in [0.4, 0.5) is 19.3 Å². The minimum absolute atomic E-state index is 0.0738. The third-order valence-corrected chi connectivity index (χ3v) is 4.18. The number of amides is 2. The Morgan fingerprint density at radius 1 is 1.24 bits per heavy atom. The summed E-state index contributed by atoms with van der Waals surface area (Å²) in [6.07, 6.45) is 0.331. The molecule has 0 saturated carbocycles. The van der Waals surface area contributed by atoms with E-state index >= 15 is 0 Å². The Hall–Kier alpha value is -3.20. The molecule has 0 radical (unpaired) electrons. The van der Waals surface area contributed by atoms with E-state index in [1.807, 2.05) is 0 Å². The lowest BCUT2D eigenvalue weighted by Crippen LogP contribution is -2.33. The van der Waals surface area contributed by atoms with Gasteiger partial charge in [0.25, 0.3) is 5.89 Å². The molecule has 3 aromatic rings. The molecule has 0 aliphatic rings. The lowest BCUT2D eigenvalue weighted by molar-refractivity contribution is 0.222. The molecular weight excluding hydrogens is 406 g/mol. The van der Waals surface area contributed by atoms with Crippen molar-refractivity contribution < 1.29 is 22.8 Å². The fraction of sp³-hybridized carbons (Fsp3) is 0.211. The van der Waals surface area contributed by atoms with Gasteiger partial charge in [0.2, 0.25) is 0 Å². The van der Waals surface area contributed by atoms with Crippen LogP contribution in [0, 0.1) is 11.6 Å². The van der Waals surface area contributed by atoms with Crippen molar-refractivity contribution >= 4 is 23.3 Å². The molecule has 1 aromatic heterocycles. The maximum absolute atomic E-state index is 13.5. The minimum Gasteiger partial charge on any atom is -0.481 e. The highest BCUT2D eigenvalue weighted by Gasteiger charge is 2.13. The summed E-state index contributed by atoms with van der Waals surface area (Å²) in [6.45, 7) is 0.226. The van der Waals surface area contributed by atoms with Crippen LogP contribution >= 0.6 is 11.6 Å². The molecule has 2 aromatic carbocycles. The lowest BCUT2D eigenvalue weighted by atomic mass is 10.3. The smallest absolute Gasteiger partial charge is 0.321 e. The van der Waals surface area contributed by atoms with Crippen LogP contribution in [0.25, 0.3) is 0 Å². The molecule has 2 amide bonds. The van der Waals surface area contributed by atoms with E-state index in [9.17, 15) is 13.6 Å². The Bertz CT molecular complexity index is 999. The van der Waals surface area contributed by atoms with E-state index in [2.05, 4.69) is 15.5 Å². The Kier molecular flexibility index (Phi) is 6.61. The average Bonchev–Trinajstić information content (AvgIpc) is 3.16. The number of para-hydroxylation sites is 1. The van der Waals surface area contributed by atoms with Crippen molar-refractivity contribution in [1.82, 2.24) is 15.0 Å². The van der Waals surface area contributed by atoms with Gasteiger partial charge in [-0.05, 0) is 30.3 Å². The van der Waals surface area contributed by atoms with E-state index in [4.69, 9.17) is 20.9 Å². The monoisotopic (exact) mass is 422 g/mol. The van der Waals surface area contributed by atoms with Gasteiger partial charge in [-0.1, -0.05) is 28.9 Å². The molecule has 0 bridgehead atoms. The molecule has 29 heavy (non-hydrogen) atoms. The molecular formula is C19H17ClF2N4O3. The number of rotatable bonds is 7. The number of carbonyl (C=O) groups is 1. The van der Waals surface area contributed by atoms with Crippen molar-refractivity contribution in [3.63, 3.8) is 0 Å². The summed E-state index contributed by atoms with van der Waals surface area (Å²) in [5.41, 5.74) is 0.375. The molecule has 1 heterocycles. The lowest BCUT2D eigenvalue weighted by Gasteiger charge is -2.17. The number of halogens is 3. The summed E-state index contributed by atoms with van der Waals surface area (Å²) >= 11 is 5.70. The zero-order chi connectivity index (χ0) is 20.8. The summed E-state index contributed by atoms with van der Waals surface area (Å²) in [7, 11) is 1.59. The van der Waals surface area contributed by atoms with Gasteiger partial charge in [-0.3, -0.25) is 0 Å². The number of carbonyl (C=O) groups excluding carboxylic acids is 1. The zero-order valence-corrected chi connectivity index (χ0v) is 16.1. The van der Waals surface area contributed by atoms with Crippen LogP contribution in [-0.4, -0.2) is 34.7 Å². The highest BCUT2D eigenvalue weighted by atomic mass is 35.5. The van der Waals surface area contributed by atoms with Crippen molar-refractivity contribution in [2.45, 2.75) is 13.0 Å². The number of nitrogens with one attached hydrogen (secondary N) is 1. The number of anilines is 1. The largest absolute Gasteiger partial charge is 0.481 e. The van der Waals surface area contributed by atoms with E-state index in [-0.39, 0.29) is 23.3 Å². The fourth-order valence-electron chi connectivity index (χ4n) is 2.31. The van der Waals surface area contributed by atoms with Gasteiger partial charge in [0.05, 0.1) is 5.02 Å². The number of likely N-dealkylation sites (N-methyl/N-ethyl adjacent to an activating group) is 1. The highest BCUT2D eigenvalue weighted by Crippen LogP contribution is 2.19. The summed E-state index contributed by atoms with van der Waals surface area (Å²) < 4.78 is 37.1. The molecule has 0 atom stereocenters. The van der Waals surface area contributed by atoms with Gasteiger partial charge in [-0.15, -0.1) is 0 Å². The van der Waals surface area contributed by atoms with Gasteiger partial charge in [-0.2, -0.15) is 4.98 Å². The quantitative estimate of drug-likeness (QED) is 0.614. The molecule has 0 fully saturated rings. The molecule has 0 spiro atoms. The second kappa shape index (κ2) is 9.33. The fourth-order valence-corrected chi connectivity index (χ4v) is 2.49. The predicted molar refractivity (Wildman–Crippen MR) is 102 cm³/mol. The second-order valence-corrected chi connectivity index (χ2v) is 6.46. The number of aromatic nitrogens is 2. The van der Waals surface area contributed by atoms with E-state index in [1.165, 1.54) is 35.2 Å². The van der Waals surface area contributed by atoms with E-state index in [1.54, 1.807) is 19.2 Å². The van der Waals surface area contributed by atoms with Crippen molar-refractivity contribution in [3.8, 4) is 5.75 Å². The van der Waals surface area contributed by atoms with Crippen LogP contribution in [0.15, 0.2) is 47.0 Å². The number of hydrogen-bond acceptors (Lipinski definition) is 5. The standard InChI is InChI=1S/C19H17ClF2N4O3/c1-26(19(27)23-12-6-7-14(21)13(20)10-12)9-8-17-24-18(29-25-17)11-28-16-5-3-2-4-15(16)22/h2-7,10H,8-9,11H2,1H3,(H,23,27). The molecule has 10 heteroatoms. The van der Waals surface area contributed by atoms with Gasteiger partial charge < -0.3 is 19.5 Å². The number of nitrogens with zero attached hydrogens (tertiary/aromatic N) is 3. The van der Waals surface area contributed by atoms with E-state index in [0.29, 0.717) is 24.5 Å². The highest BCUT2D eigenvalue weighted by molar-refractivity contribution is 6.31. The van der Waals surface area contributed by atoms with Gasteiger partial charge >= 0.3 is 6.03 Å². The first-order valence-electron chi connectivity index (χ1n) is 8.58. The van der Waals surface area contributed by atoms with Crippen LogP contribution in [-0.2, 0) is 13.0 Å². The number of hydrogen-bond donors (Lipinski definition) is 1. The zero-order valence-electron chi connectivity index (χ0n) is 15.4. The van der Waals surface area contributed by atoms with Crippen LogP contribution in [0.3, 0.4) is 0 Å². The summed E-state index contributed by atoms with van der Waals surface area (Å²) in [5.74, 6) is -0.394. The average molecular weight is 423 g/mol. The molecule has 0 aliphatic heterocycles. The van der Waals surface area contributed by atoms with Crippen LogP contribution in [0.1, 0.15) is 11.7 Å². The number of ether oxygens (including phenoxy) is 1. The molecule has 7 nitrogen and oxygen atoms in total. The van der Waals surface area contributed by atoms with Gasteiger partial charge in [0.15, 0.2) is 24.0 Å². The van der Waals surface area contributed by atoms with E-state index < -0.39 is 17.7 Å². The Balaban J connectivity index is 1.47. The molecule has 152 valence electrons. The summed E-state index contributed by atoms with van der Waals surface area (Å²) in [4.78, 5) is 17.7. The van der Waals surface area contributed by atoms with Gasteiger partial charge in [-0.25, -0.2) is 13.6 Å². The number of benzene rings is 2. The predicted octanol–water partition coefficient (Wildman–Crippen LogP) is 4.29. The van der Waals surface area contributed by atoms with Crippen molar-refractivity contribution in [3.05, 3.63) is 70.8 Å². The normalized spacial score (nSPS) is 10.6. The first kappa shape index (κ1) is 20.5. The van der Waals surface area contributed by atoms with Crippen LogP contribution < -0.4 is 10.1 Å². The van der Waals surface area contributed by atoms with Crippen molar-refractivity contribution in [2.75, 3.05) is 18.9 Å². The maximum atomic E-state index is 13.5. The van der Waals surface area contributed by atoms with Crippen LogP contribution in [0.2, 0.25) is 5.02 Å². The SMILES string of the molecule is CN(CCc1noc(COc2ccccc2F)n1)C(=O)Nc1ccc(F)c(Cl)c1. The topological polar surface area (TPSA) is 80.5 Å². The Morgan fingerprint density at radius 3 is 2.79 bits per heavy atom. The Morgan fingerprint density at radius 2 is 2.03 bits per heavy atom. The molecule has 1 N–H and O–H groups in total. The van der Waals surface area contributed by atoms with Crippen molar-refractivity contribution in [2.24, 2.45) is 0 Å². The third kappa shape index (κ3) is 5.64. The Labute approximate surface area is 170 Å². The minimum atomic E-state index is -0.565. The second-order valence-electron chi connectivity index (χ2n) is 6.05.